The molecule has 1 aromatic carbocycles. The summed E-state index contributed by atoms with van der Waals surface area (Å²) in [5, 5.41) is 11.2. The highest BCUT2D eigenvalue weighted by Gasteiger charge is 2.36. The molecule has 0 bridgehead atoms. The summed E-state index contributed by atoms with van der Waals surface area (Å²) in [6.45, 7) is 0.0618. The maximum Gasteiger partial charge on any atom is 0.303 e. The zero-order chi connectivity index (χ0) is 17.7. The van der Waals surface area contributed by atoms with E-state index in [0.29, 0.717) is 35.8 Å². The van der Waals surface area contributed by atoms with Crippen LogP contribution < -0.4 is 5.32 Å². The number of hydrogen-bond donors (Lipinski definition) is 2. The summed E-state index contributed by atoms with van der Waals surface area (Å²) in [7, 11) is 0. The summed E-state index contributed by atoms with van der Waals surface area (Å²) in [6, 6.07) is 4.79. The van der Waals surface area contributed by atoms with Crippen molar-refractivity contribution in [1.29, 1.82) is 0 Å². The Hall–Kier alpha value is -2.22. The van der Waals surface area contributed by atoms with Crippen molar-refractivity contribution >= 4 is 39.6 Å². The van der Waals surface area contributed by atoms with Crippen molar-refractivity contribution in [2.24, 2.45) is 0 Å². The van der Waals surface area contributed by atoms with Crippen LogP contribution in [0, 0.1) is 0 Å². The van der Waals surface area contributed by atoms with Gasteiger partial charge in [-0.25, -0.2) is 0 Å². The fourth-order valence-corrected chi connectivity index (χ4v) is 2.77. The monoisotopic (exact) mass is 396 g/mol. The number of halogens is 1. The predicted octanol–water partition coefficient (Wildman–Crippen LogP) is 1.81. The quantitative estimate of drug-likeness (QED) is 0.514. The van der Waals surface area contributed by atoms with Crippen LogP contribution in [0.4, 0.5) is 0 Å². The molecule has 0 aliphatic carbocycles. The number of nitrogens with one attached hydrogen (secondary N) is 1. The Morgan fingerprint density at radius 1 is 1.08 bits per heavy atom. The smallest absolute Gasteiger partial charge is 0.303 e. The third-order valence-electron chi connectivity index (χ3n) is 3.62. The number of benzene rings is 1. The lowest BCUT2D eigenvalue weighted by atomic mass is 10.1. The second-order valence-electron chi connectivity index (χ2n) is 5.44. The Morgan fingerprint density at radius 3 is 2.50 bits per heavy atom. The van der Waals surface area contributed by atoms with Gasteiger partial charge in [-0.3, -0.25) is 24.1 Å². The minimum atomic E-state index is -0.837. The minimum absolute atomic E-state index is 0.110. The van der Waals surface area contributed by atoms with Gasteiger partial charge in [-0.05, 0) is 31.0 Å². The molecule has 128 valence electrons. The molecule has 0 saturated carbocycles. The van der Waals surface area contributed by atoms with Gasteiger partial charge in [0.25, 0.3) is 11.8 Å². The van der Waals surface area contributed by atoms with Crippen LogP contribution >= 0.6 is 15.9 Å². The number of carbonyl (C=O) groups excluding carboxylic acids is 3. The lowest BCUT2D eigenvalue weighted by Crippen LogP contribution is -2.40. The van der Waals surface area contributed by atoms with E-state index in [9.17, 15) is 19.2 Å². The second-order valence-corrected chi connectivity index (χ2v) is 6.36. The molecule has 0 spiro atoms. The van der Waals surface area contributed by atoms with Gasteiger partial charge in [0.2, 0.25) is 5.91 Å². The van der Waals surface area contributed by atoms with Crippen molar-refractivity contribution in [2.75, 3.05) is 13.1 Å². The molecule has 1 aliphatic heterocycles. The number of rotatable bonds is 8. The third kappa shape index (κ3) is 4.41. The topological polar surface area (TPSA) is 104 Å². The number of aliphatic carboxylic acids is 1. The first-order valence-electron chi connectivity index (χ1n) is 7.54. The summed E-state index contributed by atoms with van der Waals surface area (Å²) < 4.78 is 0.690. The van der Waals surface area contributed by atoms with Crippen molar-refractivity contribution in [3.63, 3.8) is 0 Å². The van der Waals surface area contributed by atoms with Crippen LogP contribution in [-0.4, -0.2) is 46.8 Å². The molecule has 3 amide bonds. The number of carbonyl (C=O) groups is 4. The van der Waals surface area contributed by atoms with E-state index in [1.807, 2.05) is 0 Å². The van der Waals surface area contributed by atoms with E-state index in [1.54, 1.807) is 18.2 Å². The molecule has 7 nitrogen and oxygen atoms in total. The van der Waals surface area contributed by atoms with E-state index < -0.39 is 23.7 Å². The number of carboxylic acids is 1. The minimum Gasteiger partial charge on any atom is -0.481 e. The van der Waals surface area contributed by atoms with Gasteiger partial charge in [0.05, 0.1) is 11.1 Å². The van der Waals surface area contributed by atoms with Gasteiger partial charge in [-0.1, -0.05) is 22.4 Å². The van der Waals surface area contributed by atoms with E-state index in [2.05, 4.69) is 21.2 Å². The molecule has 2 N–H and O–H groups in total. The molecule has 0 unspecified atom stereocenters. The number of hydrogen-bond acceptors (Lipinski definition) is 4. The molecule has 0 atom stereocenters. The first kappa shape index (κ1) is 18.1. The summed E-state index contributed by atoms with van der Waals surface area (Å²) in [5.41, 5.74) is 0.584. The van der Waals surface area contributed by atoms with Crippen molar-refractivity contribution in [3.05, 3.63) is 33.8 Å². The zero-order valence-corrected chi connectivity index (χ0v) is 14.5. The van der Waals surface area contributed by atoms with Crippen molar-refractivity contribution in [3.8, 4) is 0 Å². The SMILES string of the molecule is O=C(O)CCCCCNC(=O)CN1C(=O)c2ccc(Br)cc2C1=O. The fraction of sp³-hybridized carbons (Fsp3) is 0.375. The zero-order valence-electron chi connectivity index (χ0n) is 12.9. The Morgan fingerprint density at radius 2 is 1.79 bits per heavy atom. The van der Waals surface area contributed by atoms with E-state index in [-0.39, 0.29) is 18.5 Å². The first-order valence-corrected chi connectivity index (χ1v) is 8.33. The molecule has 1 aromatic rings. The van der Waals surface area contributed by atoms with Gasteiger partial charge >= 0.3 is 5.97 Å². The molecule has 24 heavy (non-hydrogen) atoms. The van der Waals surface area contributed by atoms with E-state index in [1.165, 1.54) is 0 Å². The van der Waals surface area contributed by atoms with Crippen molar-refractivity contribution in [2.45, 2.75) is 25.7 Å². The Bertz CT molecular complexity index is 689. The normalized spacial score (nSPS) is 13.1. The van der Waals surface area contributed by atoms with Gasteiger partial charge in [0.15, 0.2) is 0 Å². The lowest BCUT2D eigenvalue weighted by Gasteiger charge is -2.13. The van der Waals surface area contributed by atoms with Crippen LogP contribution in [0.5, 0.6) is 0 Å². The van der Waals surface area contributed by atoms with Crippen LogP contribution in [0.25, 0.3) is 0 Å². The van der Waals surface area contributed by atoms with Crippen LogP contribution in [0.2, 0.25) is 0 Å². The van der Waals surface area contributed by atoms with Gasteiger partial charge in [-0.2, -0.15) is 0 Å². The summed E-state index contributed by atoms with van der Waals surface area (Å²) >= 11 is 3.25. The van der Waals surface area contributed by atoms with Crippen LogP contribution in [0.1, 0.15) is 46.4 Å². The van der Waals surface area contributed by atoms with Crippen LogP contribution in [0.3, 0.4) is 0 Å². The van der Waals surface area contributed by atoms with E-state index in [4.69, 9.17) is 5.11 Å². The Kier molecular flexibility index (Phi) is 6.08. The van der Waals surface area contributed by atoms with Gasteiger partial charge in [-0.15, -0.1) is 0 Å². The number of carboxylic acid groups (broad SMARTS) is 1. The highest BCUT2D eigenvalue weighted by molar-refractivity contribution is 9.10. The molecule has 0 fully saturated rings. The molecule has 1 heterocycles. The third-order valence-corrected chi connectivity index (χ3v) is 4.12. The van der Waals surface area contributed by atoms with Crippen molar-refractivity contribution < 1.29 is 24.3 Å². The highest BCUT2D eigenvalue weighted by atomic mass is 79.9. The molecule has 1 aliphatic rings. The first-order chi connectivity index (χ1) is 11.4. The molecule has 0 saturated heterocycles. The largest absolute Gasteiger partial charge is 0.481 e. The number of imide groups is 1. The summed E-state index contributed by atoms with van der Waals surface area (Å²) in [4.78, 5) is 47.6. The lowest BCUT2D eigenvalue weighted by molar-refractivity contribution is -0.137. The summed E-state index contributed by atoms with van der Waals surface area (Å²) in [6.07, 6.45) is 2.00. The predicted molar refractivity (Wildman–Crippen MR) is 88.6 cm³/mol. The molecular formula is C16H17BrN2O5. The maximum absolute atomic E-state index is 12.2. The van der Waals surface area contributed by atoms with Gasteiger partial charge in [0, 0.05) is 17.4 Å². The number of fused-ring (bicyclic) bond motifs is 1. The fourth-order valence-electron chi connectivity index (χ4n) is 2.41. The Balaban J connectivity index is 1.80. The van der Waals surface area contributed by atoms with Crippen LogP contribution in [0.15, 0.2) is 22.7 Å². The number of nitrogens with zero attached hydrogens (tertiary/aromatic N) is 1. The van der Waals surface area contributed by atoms with Gasteiger partial charge in [0.1, 0.15) is 6.54 Å². The molecule has 8 heteroatoms. The van der Waals surface area contributed by atoms with Gasteiger partial charge < -0.3 is 10.4 Å². The molecular weight excluding hydrogens is 380 g/mol. The molecule has 0 aromatic heterocycles. The summed E-state index contributed by atoms with van der Waals surface area (Å²) in [5.74, 6) is -2.20. The van der Waals surface area contributed by atoms with Crippen LogP contribution in [-0.2, 0) is 9.59 Å². The molecule has 0 radical (unpaired) electrons. The standard InChI is InChI=1S/C16H17BrN2O5/c17-10-5-6-11-12(8-10)16(24)19(15(11)23)9-13(20)18-7-3-1-2-4-14(21)22/h5-6,8H,1-4,7,9H2,(H,18,20)(H,21,22). The number of unbranched alkanes of at least 4 members (excludes halogenated alkanes) is 2. The average Bonchev–Trinajstić information content (AvgIpc) is 2.75. The van der Waals surface area contributed by atoms with Crippen molar-refractivity contribution in [1.82, 2.24) is 10.2 Å². The Labute approximate surface area is 147 Å². The molecule has 2 rings (SSSR count). The van der Waals surface area contributed by atoms with E-state index >= 15 is 0 Å². The second kappa shape index (κ2) is 8.05. The number of amides is 3. The highest BCUT2D eigenvalue weighted by Crippen LogP contribution is 2.25. The maximum atomic E-state index is 12.2. The van der Waals surface area contributed by atoms with E-state index in [0.717, 1.165) is 4.90 Å². The average molecular weight is 397 g/mol.